The van der Waals surface area contributed by atoms with Crippen molar-refractivity contribution < 1.29 is 14.3 Å². The lowest BCUT2D eigenvalue weighted by molar-refractivity contribution is -0.128. The fourth-order valence-electron chi connectivity index (χ4n) is 0.858. The van der Waals surface area contributed by atoms with Crippen LogP contribution >= 0.6 is 11.6 Å². The SMILES string of the molecule is CCOC(=O)N(C(=O)CCl)C(C)C. The van der Waals surface area contributed by atoms with Crippen LogP contribution in [0.4, 0.5) is 4.79 Å². The summed E-state index contributed by atoms with van der Waals surface area (Å²) in [6.07, 6.45) is -0.636. The number of hydrogen-bond donors (Lipinski definition) is 0. The number of nitrogens with zero attached hydrogens (tertiary/aromatic N) is 1. The van der Waals surface area contributed by atoms with E-state index in [0.717, 1.165) is 4.90 Å². The molecule has 4 nitrogen and oxygen atoms in total. The molecule has 0 rings (SSSR count). The Morgan fingerprint density at radius 2 is 2.00 bits per heavy atom. The number of rotatable bonds is 3. The Morgan fingerprint density at radius 3 is 2.31 bits per heavy atom. The van der Waals surface area contributed by atoms with Crippen LogP contribution in [0.1, 0.15) is 20.8 Å². The summed E-state index contributed by atoms with van der Waals surface area (Å²) in [5.41, 5.74) is 0. The molecule has 0 saturated carbocycles. The third-order valence-corrected chi connectivity index (χ3v) is 1.59. The highest BCUT2D eigenvalue weighted by Gasteiger charge is 2.24. The van der Waals surface area contributed by atoms with Crippen molar-refractivity contribution in [2.24, 2.45) is 0 Å². The number of imide groups is 1. The van der Waals surface area contributed by atoms with Gasteiger partial charge in [-0.05, 0) is 20.8 Å². The first-order chi connectivity index (χ1) is 6.04. The summed E-state index contributed by atoms with van der Waals surface area (Å²) < 4.78 is 4.70. The van der Waals surface area contributed by atoms with Gasteiger partial charge in [-0.25, -0.2) is 9.69 Å². The van der Waals surface area contributed by atoms with Crippen molar-refractivity contribution in [2.75, 3.05) is 12.5 Å². The normalized spacial score (nSPS) is 9.92. The van der Waals surface area contributed by atoms with Crippen molar-refractivity contribution >= 4 is 23.6 Å². The van der Waals surface area contributed by atoms with Gasteiger partial charge in [-0.15, -0.1) is 11.6 Å². The highest BCUT2D eigenvalue weighted by atomic mass is 35.5. The Labute approximate surface area is 82.8 Å². The molecule has 0 aromatic heterocycles. The molecule has 0 aliphatic carbocycles. The molecule has 0 radical (unpaired) electrons. The lowest BCUT2D eigenvalue weighted by Gasteiger charge is -2.22. The average Bonchev–Trinajstić information content (AvgIpc) is 2.04. The zero-order chi connectivity index (χ0) is 10.4. The number of hydrogen-bond acceptors (Lipinski definition) is 3. The van der Waals surface area contributed by atoms with Crippen molar-refractivity contribution in [3.05, 3.63) is 0 Å². The van der Waals surface area contributed by atoms with Gasteiger partial charge in [0.1, 0.15) is 5.88 Å². The van der Waals surface area contributed by atoms with E-state index >= 15 is 0 Å². The summed E-state index contributed by atoms with van der Waals surface area (Å²) in [5, 5.41) is 0. The molecule has 5 heteroatoms. The predicted molar refractivity (Wildman–Crippen MR) is 49.7 cm³/mol. The second-order valence-electron chi connectivity index (χ2n) is 2.69. The van der Waals surface area contributed by atoms with E-state index in [1.165, 1.54) is 0 Å². The van der Waals surface area contributed by atoms with E-state index in [1.54, 1.807) is 20.8 Å². The van der Waals surface area contributed by atoms with E-state index in [-0.39, 0.29) is 18.5 Å². The molecule has 2 amide bonds. The van der Waals surface area contributed by atoms with Gasteiger partial charge in [0.05, 0.1) is 6.61 Å². The monoisotopic (exact) mass is 207 g/mol. The second-order valence-corrected chi connectivity index (χ2v) is 2.96. The fraction of sp³-hybridized carbons (Fsp3) is 0.750. The quantitative estimate of drug-likeness (QED) is 0.661. The van der Waals surface area contributed by atoms with Gasteiger partial charge in [-0.1, -0.05) is 0 Å². The Kier molecular flexibility index (Phi) is 5.46. The average molecular weight is 208 g/mol. The molecule has 0 aromatic rings. The smallest absolute Gasteiger partial charge is 0.416 e. The third kappa shape index (κ3) is 3.63. The molecular weight excluding hydrogens is 194 g/mol. The first-order valence-electron chi connectivity index (χ1n) is 4.09. The minimum Gasteiger partial charge on any atom is -0.449 e. The van der Waals surface area contributed by atoms with Gasteiger partial charge in [-0.2, -0.15) is 0 Å². The molecule has 0 heterocycles. The van der Waals surface area contributed by atoms with Gasteiger partial charge in [0.25, 0.3) is 0 Å². The first-order valence-corrected chi connectivity index (χ1v) is 4.62. The molecule has 0 spiro atoms. The molecule has 0 unspecified atom stereocenters. The van der Waals surface area contributed by atoms with E-state index in [0.29, 0.717) is 0 Å². The summed E-state index contributed by atoms with van der Waals surface area (Å²) >= 11 is 5.34. The molecule has 0 aliphatic rings. The van der Waals surface area contributed by atoms with Crippen molar-refractivity contribution in [3.63, 3.8) is 0 Å². The number of amides is 2. The molecule has 0 saturated heterocycles. The summed E-state index contributed by atoms with van der Waals surface area (Å²) in [4.78, 5) is 23.4. The van der Waals surface area contributed by atoms with Crippen molar-refractivity contribution in [2.45, 2.75) is 26.8 Å². The number of alkyl halides is 1. The summed E-state index contributed by atoms with van der Waals surface area (Å²) in [5.74, 6) is -0.646. The number of halogens is 1. The number of ether oxygens (including phenoxy) is 1. The Hall–Kier alpha value is -0.770. The highest BCUT2D eigenvalue weighted by molar-refractivity contribution is 6.28. The van der Waals surface area contributed by atoms with Gasteiger partial charge < -0.3 is 4.74 Å². The highest BCUT2D eigenvalue weighted by Crippen LogP contribution is 2.03. The fourth-order valence-corrected chi connectivity index (χ4v) is 0.987. The van der Waals surface area contributed by atoms with E-state index in [9.17, 15) is 9.59 Å². The van der Waals surface area contributed by atoms with Gasteiger partial charge in [-0.3, -0.25) is 4.79 Å². The largest absolute Gasteiger partial charge is 0.449 e. The molecular formula is C8H14ClNO3. The van der Waals surface area contributed by atoms with Crippen LogP contribution in [0.3, 0.4) is 0 Å². The van der Waals surface area contributed by atoms with E-state index in [2.05, 4.69) is 0 Å². The van der Waals surface area contributed by atoms with Gasteiger partial charge >= 0.3 is 6.09 Å². The van der Waals surface area contributed by atoms with Gasteiger partial charge in [0.15, 0.2) is 0 Å². The summed E-state index contributed by atoms with van der Waals surface area (Å²) in [6.45, 7) is 5.38. The summed E-state index contributed by atoms with van der Waals surface area (Å²) in [7, 11) is 0. The Morgan fingerprint density at radius 1 is 1.46 bits per heavy atom. The Balaban J connectivity index is 4.41. The standard InChI is InChI=1S/C8H14ClNO3/c1-4-13-8(12)10(6(2)3)7(11)5-9/h6H,4-5H2,1-3H3. The molecule has 0 fully saturated rings. The van der Waals surface area contributed by atoms with Crippen LogP contribution in [-0.2, 0) is 9.53 Å². The zero-order valence-electron chi connectivity index (χ0n) is 8.04. The van der Waals surface area contributed by atoms with Gasteiger partial charge in [0.2, 0.25) is 5.91 Å². The minimum atomic E-state index is -0.636. The molecule has 0 aliphatic heterocycles. The van der Waals surface area contributed by atoms with Crippen LogP contribution in [0.15, 0.2) is 0 Å². The third-order valence-electron chi connectivity index (χ3n) is 1.36. The van der Waals surface area contributed by atoms with Crippen LogP contribution < -0.4 is 0 Å². The van der Waals surface area contributed by atoms with Crippen molar-refractivity contribution in [3.8, 4) is 0 Å². The molecule has 13 heavy (non-hydrogen) atoms. The Bertz CT molecular complexity index is 194. The van der Waals surface area contributed by atoms with Crippen molar-refractivity contribution in [1.29, 1.82) is 0 Å². The van der Waals surface area contributed by atoms with Crippen molar-refractivity contribution in [1.82, 2.24) is 4.90 Å². The van der Waals surface area contributed by atoms with E-state index < -0.39 is 12.0 Å². The molecule has 0 N–H and O–H groups in total. The zero-order valence-corrected chi connectivity index (χ0v) is 8.80. The van der Waals surface area contributed by atoms with Crippen LogP contribution in [-0.4, -0.2) is 35.4 Å². The molecule has 76 valence electrons. The second kappa shape index (κ2) is 5.80. The topological polar surface area (TPSA) is 46.6 Å². The lowest BCUT2D eigenvalue weighted by atomic mass is 10.3. The summed E-state index contributed by atoms with van der Waals surface area (Å²) in [6, 6.07) is -0.231. The van der Waals surface area contributed by atoms with Gasteiger partial charge in [0, 0.05) is 6.04 Å². The molecule has 0 aromatic carbocycles. The molecule has 0 bridgehead atoms. The maximum absolute atomic E-state index is 11.2. The van der Waals surface area contributed by atoms with Crippen LogP contribution in [0.25, 0.3) is 0 Å². The number of carbonyl (C=O) groups excluding carboxylic acids is 2. The van der Waals surface area contributed by atoms with E-state index in [1.807, 2.05) is 0 Å². The maximum atomic E-state index is 11.2. The maximum Gasteiger partial charge on any atom is 0.416 e. The van der Waals surface area contributed by atoms with Crippen LogP contribution in [0, 0.1) is 0 Å². The van der Waals surface area contributed by atoms with Crippen LogP contribution in [0.5, 0.6) is 0 Å². The molecule has 0 atom stereocenters. The van der Waals surface area contributed by atoms with E-state index in [4.69, 9.17) is 16.3 Å². The minimum absolute atomic E-state index is 0.211. The van der Waals surface area contributed by atoms with Crippen LogP contribution in [0.2, 0.25) is 0 Å². The first kappa shape index (κ1) is 12.2. The predicted octanol–water partition coefficient (Wildman–Crippen LogP) is 1.62. The lowest BCUT2D eigenvalue weighted by Crippen LogP contribution is -2.43. The number of carbonyl (C=O) groups is 2.